The molecule has 1 aromatic heterocycles. The smallest absolute Gasteiger partial charge is 0.311 e. The first-order chi connectivity index (χ1) is 7.58. The van der Waals surface area contributed by atoms with Crippen molar-refractivity contribution in [1.82, 2.24) is 4.98 Å². The number of aromatic nitrogens is 1. The van der Waals surface area contributed by atoms with Gasteiger partial charge in [-0.15, -0.1) is 0 Å². The lowest BCUT2D eigenvalue weighted by molar-refractivity contribution is -0.384. The summed E-state index contributed by atoms with van der Waals surface area (Å²) in [7, 11) is 0. The van der Waals surface area contributed by atoms with E-state index in [0.29, 0.717) is 11.7 Å². The summed E-state index contributed by atoms with van der Waals surface area (Å²) in [5.74, 6) is 2.02. The van der Waals surface area contributed by atoms with E-state index in [1.165, 1.54) is 12.5 Å². The van der Waals surface area contributed by atoms with Crippen LogP contribution < -0.4 is 11.1 Å². The van der Waals surface area contributed by atoms with Crippen molar-refractivity contribution < 1.29 is 4.92 Å². The van der Waals surface area contributed by atoms with Crippen molar-refractivity contribution >= 4 is 17.3 Å². The molecular weight excluding hydrogens is 208 g/mol. The van der Waals surface area contributed by atoms with Crippen molar-refractivity contribution in [1.29, 1.82) is 0 Å². The molecule has 1 saturated carbocycles. The van der Waals surface area contributed by atoms with Gasteiger partial charge in [0.15, 0.2) is 0 Å². The monoisotopic (exact) mass is 222 g/mol. The Hall–Kier alpha value is -1.85. The van der Waals surface area contributed by atoms with E-state index >= 15 is 0 Å². The molecular formula is C10H14N4O2. The summed E-state index contributed by atoms with van der Waals surface area (Å²) in [5, 5.41) is 13.6. The number of pyridine rings is 1. The Morgan fingerprint density at radius 3 is 2.88 bits per heavy atom. The highest BCUT2D eigenvalue weighted by Crippen LogP contribution is 2.37. The third-order valence-corrected chi connectivity index (χ3v) is 2.92. The molecule has 0 amide bonds. The minimum atomic E-state index is -0.533. The number of nitrogens with zero attached hydrogens (tertiary/aromatic N) is 2. The Morgan fingerprint density at radius 2 is 2.38 bits per heavy atom. The van der Waals surface area contributed by atoms with Crippen LogP contribution in [0.15, 0.2) is 12.1 Å². The van der Waals surface area contributed by atoms with Crippen molar-refractivity contribution in [2.45, 2.75) is 13.3 Å². The van der Waals surface area contributed by atoms with Gasteiger partial charge in [0.25, 0.3) is 0 Å². The lowest BCUT2D eigenvalue weighted by Gasteiger charge is -2.05. The summed E-state index contributed by atoms with van der Waals surface area (Å²) in [5.41, 5.74) is 5.33. The van der Waals surface area contributed by atoms with Gasteiger partial charge < -0.3 is 11.1 Å². The number of nitrogens with one attached hydrogen (secondary N) is 1. The lowest BCUT2D eigenvalue weighted by atomic mass is 10.3. The van der Waals surface area contributed by atoms with Crippen LogP contribution in [0, 0.1) is 22.0 Å². The normalized spacial score (nSPS) is 22.8. The Bertz CT molecular complexity index is 421. The van der Waals surface area contributed by atoms with Crippen LogP contribution in [-0.4, -0.2) is 16.5 Å². The number of nitro groups is 1. The summed E-state index contributed by atoms with van der Waals surface area (Å²) >= 11 is 0. The first-order valence-corrected chi connectivity index (χ1v) is 5.22. The maximum absolute atomic E-state index is 10.5. The highest BCUT2D eigenvalue weighted by molar-refractivity contribution is 5.57. The predicted molar refractivity (Wildman–Crippen MR) is 61.1 cm³/mol. The van der Waals surface area contributed by atoms with Crippen molar-refractivity contribution in [3.63, 3.8) is 0 Å². The summed E-state index contributed by atoms with van der Waals surface area (Å²) in [6.07, 6.45) is 1.23. The minimum Gasteiger partial charge on any atom is -0.378 e. The van der Waals surface area contributed by atoms with Crippen LogP contribution in [0.4, 0.5) is 17.3 Å². The Kier molecular flexibility index (Phi) is 2.64. The van der Waals surface area contributed by atoms with Gasteiger partial charge in [0.2, 0.25) is 5.82 Å². The fraction of sp³-hybridized carbons (Fsp3) is 0.500. The van der Waals surface area contributed by atoms with Gasteiger partial charge in [0, 0.05) is 12.6 Å². The van der Waals surface area contributed by atoms with Crippen molar-refractivity contribution in [3.8, 4) is 0 Å². The Morgan fingerprint density at radius 1 is 1.69 bits per heavy atom. The van der Waals surface area contributed by atoms with Crippen LogP contribution in [0.2, 0.25) is 0 Å². The molecule has 0 radical (unpaired) electrons. The predicted octanol–water partition coefficient (Wildman–Crippen LogP) is 1.64. The molecule has 1 aromatic rings. The van der Waals surface area contributed by atoms with Crippen LogP contribution in [-0.2, 0) is 0 Å². The number of nitrogen functional groups attached to an aromatic ring is 1. The number of rotatable bonds is 4. The Balaban J connectivity index is 2.00. The zero-order chi connectivity index (χ0) is 11.7. The van der Waals surface area contributed by atoms with Crippen LogP contribution in [0.25, 0.3) is 0 Å². The molecule has 86 valence electrons. The van der Waals surface area contributed by atoms with Crippen LogP contribution >= 0.6 is 0 Å². The molecule has 2 atom stereocenters. The molecule has 1 aliphatic carbocycles. The number of anilines is 2. The van der Waals surface area contributed by atoms with Crippen LogP contribution in [0.1, 0.15) is 13.3 Å². The lowest BCUT2D eigenvalue weighted by Crippen LogP contribution is -2.07. The van der Waals surface area contributed by atoms with Crippen LogP contribution in [0.3, 0.4) is 0 Å². The number of nitrogens with two attached hydrogens (primary N) is 1. The molecule has 6 heteroatoms. The van der Waals surface area contributed by atoms with Gasteiger partial charge in [-0.1, -0.05) is 6.92 Å². The highest BCUT2D eigenvalue weighted by Gasteiger charge is 2.31. The fourth-order valence-corrected chi connectivity index (χ4v) is 1.64. The van der Waals surface area contributed by atoms with Gasteiger partial charge in [0.1, 0.15) is 5.82 Å². The summed E-state index contributed by atoms with van der Waals surface area (Å²) < 4.78 is 0. The SMILES string of the molecule is CC1CC1CNc1ccc([N+](=O)[O-])c(N)n1. The van der Waals surface area contributed by atoms with Gasteiger partial charge in [-0.2, -0.15) is 0 Å². The van der Waals surface area contributed by atoms with Gasteiger partial charge in [-0.3, -0.25) is 10.1 Å². The van der Waals surface area contributed by atoms with E-state index in [2.05, 4.69) is 17.2 Å². The van der Waals surface area contributed by atoms with Crippen molar-refractivity contribution in [2.75, 3.05) is 17.6 Å². The van der Waals surface area contributed by atoms with Crippen LogP contribution in [0.5, 0.6) is 0 Å². The summed E-state index contributed by atoms with van der Waals surface area (Å²) in [6, 6.07) is 2.96. The fourth-order valence-electron chi connectivity index (χ4n) is 1.64. The molecule has 0 bridgehead atoms. The second kappa shape index (κ2) is 3.96. The van der Waals surface area contributed by atoms with E-state index in [9.17, 15) is 10.1 Å². The molecule has 3 N–H and O–H groups in total. The minimum absolute atomic E-state index is 0.0427. The van der Waals surface area contributed by atoms with E-state index in [-0.39, 0.29) is 11.5 Å². The van der Waals surface area contributed by atoms with Gasteiger partial charge in [-0.05, 0) is 24.3 Å². The standard InChI is InChI=1S/C10H14N4O2/c1-6-4-7(6)5-12-9-3-2-8(14(15)16)10(11)13-9/h2-3,6-7H,4-5H2,1H3,(H3,11,12,13). The zero-order valence-electron chi connectivity index (χ0n) is 9.01. The van der Waals surface area contributed by atoms with Crippen molar-refractivity contribution in [3.05, 3.63) is 22.2 Å². The molecule has 2 rings (SSSR count). The molecule has 0 aromatic carbocycles. The third-order valence-electron chi connectivity index (χ3n) is 2.92. The summed E-state index contributed by atoms with van der Waals surface area (Å²) in [6.45, 7) is 3.05. The topological polar surface area (TPSA) is 94.1 Å². The Labute approximate surface area is 93.0 Å². The molecule has 0 spiro atoms. The average molecular weight is 222 g/mol. The maximum atomic E-state index is 10.5. The first-order valence-electron chi connectivity index (χ1n) is 5.22. The highest BCUT2D eigenvalue weighted by atomic mass is 16.6. The number of hydrogen-bond acceptors (Lipinski definition) is 5. The van der Waals surface area contributed by atoms with Gasteiger partial charge >= 0.3 is 5.69 Å². The molecule has 1 heterocycles. The zero-order valence-corrected chi connectivity index (χ0v) is 9.01. The third kappa shape index (κ3) is 2.21. The first kappa shape index (κ1) is 10.7. The quantitative estimate of drug-likeness (QED) is 0.596. The largest absolute Gasteiger partial charge is 0.378 e. The molecule has 2 unspecified atom stereocenters. The molecule has 1 aliphatic rings. The van der Waals surface area contributed by atoms with E-state index in [4.69, 9.17) is 5.73 Å². The molecule has 6 nitrogen and oxygen atoms in total. The van der Waals surface area contributed by atoms with Gasteiger partial charge in [0.05, 0.1) is 4.92 Å². The second-order valence-corrected chi connectivity index (χ2v) is 4.21. The number of hydrogen-bond donors (Lipinski definition) is 2. The average Bonchev–Trinajstić information content (AvgIpc) is 2.91. The van der Waals surface area contributed by atoms with Gasteiger partial charge in [-0.25, -0.2) is 4.98 Å². The maximum Gasteiger partial charge on any atom is 0.311 e. The molecule has 1 fully saturated rings. The molecule has 0 aliphatic heterocycles. The molecule has 16 heavy (non-hydrogen) atoms. The van der Waals surface area contributed by atoms with E-state index < -0.39 is 4.92 Å². The van der Waals surface area contributed by atoms with E-state index in [1.807, 2.05) is 0 Å². The van der Waals surface area contributed by atoms with Crippen molar-refractivity contribution in [2.24, 2.45) is 11.8 Å². The second-order valence-electron chi connectivity index (χ2n) is 4.21. The van der Waals surface area contributed by atoms with E-state index in [1.54, 1.807) is 6.07 Å². The van der Waals surface area contributed by atoms with E-state index in [0.717, 1.165) is 12.5 Å². The molecule has 0 saturated heterocycles. The summed E-state index contributed by atoms with van der Waals surface area (Å²) in [4.78, 5) is 13.9.